The van der Waals surface area contributed by atoms with E-state index in [1.54, 1.807) is 0 Å². The zero-order valence-corrected chi connectivity index (χ0v) is 11.4. The normalized spacial score (nSPS) is 30.9. The molecule has 2 saturated heterocycles. The van der Waals surface area contributed by atoms with Crippen LogP contribution in [-0.2, 0) is 14.6 Å². The largest absolute Gasteiger partial charge is 0.413 e. The molecular weight excluding hydrogens is 276 g/mol. The Kier molecular flexibility index (Phi) is 3.33. The summed E-state index contributed by atoms with van der Waals surface area (Å²) in [5.41, 5.74) is 0. The number of thioether (sulfide) groups is 1. The van der Waals surface area contributed by atoms with Crippen LogP contribution in [0.5, 0.6) is 0 Å². The quantitative estimate of drug-likeness (QED) is 0.827. The molecule has 2 aliphatic heterocycles. The van der Waals surface area contributed by atoms with Crippen LogP contribution in [0, 0.1) is 0 Å². The summed E-state index contributed by atoms with van der Waals surface area (Å²) in [6.07, 6.45) is 2.49. The summed E-state index contributed by atoms with van der Waals surface area (Å²) in [5.74, 6) is 0.975. The van der Waals surface area contributed by atoms with Crippen molar-refractivity contribution in [2.45, 2.75) is 35.8 Å². The molecule has 2 atom stereocenters. The van der Waals surface area contributed by atoms with Gasteiger partial charge in [-0.2, -0.15) is 0 Å². The Morgan fingerprint density at radius 2 is 2.17 bits per heavy atom. The van der Waals surface area contributed by atoms with Crippen LogP contribution in [0.25, 0.3) is 0 Å². The Balaban J connectivity index is 1.63. The molecule has 2 aliphatic rings. The van der Waals surface area contributed by atoms with Gasteiger partial charge in [0.15, 0.2) is 9.84 Å². The number of nitrogens with zero attached hydrogens (tertiary/aromatic N) is 2. The first-order valence-corrected chi connectivity index (χ1v) is 8.64. The Morgan fingerprint density at radius 3 is 2.83 bits per heavy atom. The molecule has 8 heteroatoms. The van der Waals surface area contributed by atoms with Crippen LogP contribution >= 0.6 is 11.8 Å². The molecule has 0 spiro atoms. The molecule has 0 saturated carbocycles. The van der Waals surface area contributed by atoms with E-state index in [1.165, 1.54) is 11.8 Å². The van der Waals surface area contributed by atoms with Crippen molar-refractivity contribution in [3.8, 4) is 0 Å². The van der Waals surface area contributed by atoms with Gasteiger partial charge in [0.05, 0.1) is 11.5 Å². The van der Waals surface area contributed by atoms with Crippen LogP contribution in [0.2, 0.25) is 0 Å². The van der Waals surface area contributed by atoms with Crippen molar-refractivity contribution in [2.75, 3.05) is 18.1 Å². The fourth-order valence-electron chi connectivity index (χ4n) is 2.17. The van der Waals surface area contributed by atoms with Gasteiger partial charge in [-0.25, -0.2) is 8.42 Å². The number of hydrogen-bond donors (Lipinski definition) is 0. The van der Waals surface area contributed by atoms with E-state index in [-0.39, 0.29) is 22.9 Å². The van der Waals surface area contributed by atoms with Gasteiger partial charge in [0.1, 0.15) is 6.10 Å². The smallest absolute Gasteiger partial charge is 0.276 e. The van der Waals surface area contributed by atoms with Gasteiger partial charge in [-0.15, -0.1) is 10.2 Å². The van der Waals surface area contributed by atoms with Gasteiger partial charge in [0.25, 0.3) is 5.22 Å². The van der Waals surface area contributed by atoms with Crippen molar-refractivity contribution in [2.24, 2.45) is 0 Å². The average Bonchev–Trinajstić information content (AvgIpc) is 2.99. The Morgan fingerprint density at radius 1 is 1.28 bits per heavy atom. The summed E-state index contributed by atoms with van der Waals surface area (Å²) in [6.45, 7) is 0.733. The summed E-state index contributed by atoms with van der Waals surface area (Å²) in [4.78, 5) is 0. The van der Waals surface area contributed by atoms with Gasteiger partial charge in [-0.1, -0.05) is 11.8 Å². The fourth-order valence-corrected chi connectivity index (χ4v) is 5.50. The fraction of sp³-hybridized carbons (Fsp3) is 0.800. The van der Waals surface area contributed by atoms with Gasteiger partial charge >= 0.3 is 0 Å². The molecule has 100 valence electrons. The maximum Gasteiger partial charge on any atom is 0.276 e. The molecule has 2 fully saturated rings. The monoisotopic (exact) mass is 290 g/mol. The topological polar surface area (TPSA) is 82.3 Å². The predicted molar refractivity (Wildman–Crippen MR) is 65.1 cm³/mol. The first kappa shape index (κ1) is 12.4. The van der Waals surface area contributed by atoms with Gasteiger partial charge < -0.3 is 9.15 Å². The van der Waals surface area contributed by atoms with Gasteiger partial charge in [-0.3, -0.25) is 0 Å². The predicted octanol–water partition coefficient (Wildman–Crippen LogP) is 1.20. The number of rotatable bonds is 3. The molecule has 0 aromatic carbocycles. The van der Waals surface area contributed by atoms with E-state index in [0.717, 1.165) is 19.4 Å². The van der Waals surface area contributed by atoms with Gasteiger partial charge in [0, 0.05) is 11.9 Å². The molecule has 3 heterocycles. The van der Waals surface area contributed by atoms with E-state index >= 15 is 0 Å². The molecule has 18 heavy (non-hydrogen) atoms. The summed E-state index contributed by atoms with van der Waals surface area (Å²) < 4.78 is 33.7. The highest BCUT2D eigenvalue weighted by molar-refractivity contribution is 8.01. The van der Waals surface area contributed by atoms with Crippen LogP contribution < -0.4 is 0 Å². The van der Waals surface area contributed by atoms with Crippen molar-refractivity contribution >= 4 is 21.6 Å². The Bertz CT molecular complexity index is 522. The Labute approximate surface area is 109 Å². The van der Waals surface area contributed by atoms with Crippen LogP contribution in [0.1, 0.15) is 31.3 Å². The Hall–Kier alpha value is -0.600. The second kappa shape index (κ2) is 4.82. The highest BCUT2D eigenvalue weighted by atomic mass is 32.2. The summed E-state index contributed by atoms with van der Waals surface area (Å²) in [6, 6.07) is 0. The number of hydrogen-bond acceptors (Lipinski definition) is 7. The van der Waals surface area contributed by atoms with Crippen LogP contribution in [0.4, 0.5) is 0 Å². The highest BCUT2D eigenvalue weighted by Gasteiger charge is 2.31. The average molecular weight is 290 g/mol. The van der Waals surface area contributed by atoms with Crippen LogP contribution in [0.15, 0.2) is 9.64 Å². The lowest BCUT2D eigenvalue weighted by molar-refractivity contribution is 0.0861. The van der Waals surface area contributed by atoms with Crippen LogP contribution in [0.3, 0.4) is 0 Å². The van der Waals surface area contributed by atoms with E-state index in [2.05, 4.69) is 10.2 Å². The van der Waals surface area contributed by atoms with Gasteiger partial charge in [0.2, 0.25) is 5.89 Å². The minimum Gasteiger partial charge on any atom is -0.413 e. The maximum atomic E-state index is 11.3. The zero-order chi connectivity index (χ0) is 12.6. The van der Waals surface area contributed by atoms with E-state index in [1.807, 2.05) is 0 Å². The molecule has 3 rings (SSSR count). The van der Waals surface area contributed by atoms with E-state index in [9.17, 15) is 8.42 Å². The van der Waals surface area contributed by atoms with Crippen molar-refractivity contribution < 1.29 is 17.6 Å². The molecule has 0 unspecified atom stereocenters. The summed E-state index contributed by atoms with van der Waals surface area (Å²) in [7, 11) is -2.86. The molecule has 1 aromatic rings. The lowest BCUT2D eigenvalue weighted by atomic mass is 10.2. The lowest BCUT2D eigenvalue weighted by Gasteiger charge is -2.03. The summed E-state index contributed by atoms with van der Waals surface area (Å²) in [5, 5.41) is 8.39. The number of ether oxygens (including phenoxy) is 1. The minimum absolute atomic E-state index is 0.0350. The molecule has 0 aliphatic carbocycles. The van der Waals surface area contributed by atoms with E-state index in [4.69, 9.17) is 9.15 Å². The first-order valence-electron chi connectivity index (χ1n) is 5.94. The van der Waals surface area contributed by atoms with Crippen molar-refractivity contribution in [3.05, 3.63) is 5.89 Å². The highest BCUT2D eigenvalue weighted by Crippen LogP contribution is 2.33. The molecule has 0 amide bonds. The SMILES string of the molecule is O=S1(=O)CC[C@H](Sc2nnc([C@H]3CCCO3)o2)C1. The number of sulfone groups is 1. The molecular formula is C10H14N2O4S2. The first-order chi connectivity index (χ1) is 8.62. The van der Waals surface area contributed by atoms with E-state index < -0.39 is 9.84 Å². The van der Waals surface area contributed by atoms with Crippen molar-refractivity contribution in [3.63, 3.8) is 0 Å². The second-order valence-electron chi connectivity index (χ2n) is 4.55. The molecule has 0 bridgehead atoms. The van der Waals surface area contributed by atoms with Crippen molar-refractivity contribution in [1.29, 1.82) is 0 Å². The van der Waals surface area contributed by atoms with Gasteiger partial charge in [-0.05, 0) is 19.3 Å². The molecule has 0 N–H and O–H groups in total. The summed E-state index contributed by atoms with van der Waals surface area (Å²) >= 11 is 1.36. The third-order valence-corrected chi connectivity index (χ3v) is 6.17. The van der Waals surface area contributed by atoms with E-state index in [0.29, 0.717) is 17.5 Å². The third-order valence-electron chi connectivity index (χ3n) is 3.09. The molecule has 1 aromatic heterocycles. The van der Waals surface area contributed by atoms with Crippen molar-refractivity contribution in [1.82, 2.24) is 10.2 Å². The second-order valence-corrected chi connectivity index (χ2v) is 8.03. The lowest BCUT2D eigenvalue weighted by Crippen LogP contribution is -2.05. The standard InChI is InChI=1S/C10H14N2O4S2/c13-18(14)5-3-7(6-18)17-10-12-11-9(16-10)8-2-1-4-15-8/h7-8H,1-6H2/t7-,8+/m0/s1. The number of aromatic nitrogens is 2. The molecule has 6 nitrogen and oxygen atoms in total. The van der Waals surface area contributed by atoms with Crippen LogP contribution in [-0.4, -0.2) is 42.0 Å². The molecule has 0 radical (unpaired) electrons. The zero-order valence-electron chi connectivity index (χ0n) is 9.74. The minimum atomic E-state index is -2.86. The maximum absolute atomic E-state index is 11.3. The third kappa shape index (κ3) is 2.70.